The van der Waals surface area contributed by atoms with Crippen molar-refractivity contribution in [1.82, 2.24) is 4.57 Å². The molecule has 0 aromatic heterocycles. The van der Waals surface area contributed by atoms with Crippen molar-refractivity contribution < 1.29 is 0 Å². The van der Waals surface area contributed by atoms with Crippen molar-refractivity contribution in [2.24, 2.45) is 11.8 Å². The molecule has 0 spiro atoms. The number of para-hydroxylation sites is 2. The molecule has 3 heteroatoms. The molecule has 3 aliphatic carbocycles. The highest BCUT2D eigenvalue weighted by molar-refractivity contribution is 6.76. The lowest BCUT2D eigenvalue weighted by atomic mass is 9.76. The van der Waals surface area contributed by atoms with Gasteiger partial charge in [-0.25, -0.2) is 0 Å². The maximum atomic E-state index is 2.94. The van der Waals surface area contributed by atoms with Crippen molar-refractivity contribution in [2.45, 2.75) is 103 Å². The standard InChI is InChI=1S/C40H52N2Si/c1-38(2,3)42(39(4,5)6)43(9,10)37-24-21-28-25-34-32-23-22-31(26-35(32)40(7,8)36(34)27-33(28)37)41(29-17-13-11-14-18-29)30-19-15-12-16-20-30/h11-20,22-23,25-28,33,37H,21,24H2,1-10H3. The zero-order chi connectivity index (χ0) is 30.9. The number of anilines is 3. The number of rotatable bonds is 5. The summed E-state index contributed by atoms with van der Waals surface area (Å²) in [6.45, 7) is 24.8. The van der Waals surface area contributed by atoms with Gasteiger partial charge in [0.15, 0.2) is 0 Å². The van der Waals surface area contributed by atoms with Gasteiger partial charge in [-0.15, -0.1) is 0 Å². The lowest BCUT2D eigenvalue weighted by molar-refractivity contribution is 0.122. The second kappa shape index (κ2) is 10.3. The number of benzene rings is 3. The van der Waals surface area contributed by atoms with Crippen molar-refractivity contribution in [3.8, 4) is 0 Å². The third-order valence-corrected chi connectivity index (χ3v) is 15.5. The van der Waals surface area contributed by atoms with E-state index in [9.17, 15) is 0 Å². The van der Waals surface area contributed by atoms with Gasteiger partial charge in [-0.2, -0.15) is 0 Å². The second-order valence-electron chi connectivity index (χ2n) is 16.3. The van der Waals surface area contributed by atoms with Crippen LogP contribution in [0.1, 0.15) is 79.4 Å². The molecule has 0 amide bonds. The molecule has 1 fully saturated rings. The predicted molar refractivity (Wildman–Crippen MR) is 189 cm³/mol. The van der Waals surface area contributed by atoms with Crippen LogP contribution in [0.5, 0.6) is 0 Å². The smallest absolute Gasteiger partial charge is 0.126 e. The van der Waals surface area contributed by atoms with E-state index in [-0.39, 0.29) is 16.5 Å². The molecule has 0 radical (unpaired) electrons. The summed E-state index contributed by atoms with van der Waals surface area (Å²) in [5.74, 6) is 1.27. The third-order valence-electron chi connectivity index (χ3n) is 10.6. The molecule has 0 bridgehead atoms. The maximum Gasteiger partial charge on any atom is 0.126 e. The highest BCUT2D eigenvalue weighted by atomic mass is 28.3. The lowest BCUT2D eigenvalue weighted by Gasteiger charge is -2.57. The molecule has 3 aliphatic rings. The van der Waals surface area contributed by atoms with Gasteiger partial charge in [-0.3, -0.25) is 0 Å². The molecule has 6 rings (SSSR count). The van der Waals surface area contributed by atoms with E-state index in [1.54, 1.807) is 5.57 Å². The summed E-state index contributed by atoms with van der Waals surface area (Å²) in [7, 11) is -1.79. The second-order valence-corrected chi connectivity index (χ2v) is 20.8. The van der Waals surface area contributed by atoms with Crippen LogP contribution in [0.15, 0.2) is 96.6 Å². The third kappa shape index (κ3) is 5.07. The molecule has 0 saturated heterocycles. The fourth-order valence-electron chi connectivity index (χ4n) is 9.75. The Labute approximate surface area is 262 Å². The average molecular weight is 589 g/mol. The van der Waals surface area contributed by atoms with E-state index in [0.717, 1.165) is 5.54 Å². The minimum atomic E-state index is -1.79. The number of nitrogens with zero attached hydrogens (tertiary/aromatic N) is 2. The summed E-state index contributed by atoms with van der Waals surface area (Å²) >= 11 is 0. The van der Waals surface area contributed by atoms with Gasteiger partial charge in [0.05, 0.1) is 0 Å². The van der Waals surface area contributed by atoms with Crippen LogP contribution in [0, 0.1) is 11.8 Å². The molecule has 0 N–H and O–H groups in total. The Balaban J connectivity index is 1.41. The van der Waals surface area contributed by atoms with E-state index < -0.39 is 8.24 Å². The zero-order valence-electron chi connectivity index (χ0n) is 28.2. The molecule has 1 saturated carbocycles. The van der Waals surface area contributed by atoms with Crippen LogP contribution >= 0.6 is 0 Å². The Bertz CT molecular complexity index is 1500. The number of fused-ring (bicyclic) bond motifs is 4. The highest BCUT2D eigenvalue weighted by Crippen LogP contribution is 2.60. The average Bonchev–Trinajstić information content (AvgIpc) is 3.44. The Hall–Kier alpha value is -2.88. The maximum absolute atomic E-state index is 2.94. The van der Waals surface area contributed by atoms with Crippen LogP contribution in [0.3, 0.4) is 0 Å². The molecule has 0 aliphatic heterocycles. The van der Waals surface area contributed by atoms with E-state index >= 15 is 0 Å². The quantitative estimate of drug-likeness (QED) is 0.274. The van der Waals surface area contributed by atoms with Gasteiger partial charge in [0.1, 0.15) is 8.24 Å². The SMILES string of the molecule is CC1(C)C2=CC3C(C=C2c2ccc(N(c4ccccc4)c4ccccc4)cc21)CCC3[Si](C)(C)N(C(C)(C)C)C(C)(C)C. The van der Waals surface area contributed by atoms with Crippen molar-refractivity contribution in [3.63, 3.8) is 0 Å². The Morgan fingerprint density at radius 1 is 0.698 bits per heavy atom. The van der Waals surface area contributed by atoms with Crippen molar-refractivity contribution in [1.29, 1.82) is 0 Å². The fraction of sp³-hybridized carbons (Fsp3) is 0.450. The summed E-state index contributed by atoms with van der Waals surface area (Å²) in [5, 5.41) is 0. The highest BCUT2D eigenvalue weighted by Gasteiger charge is 2.54. The number of hydrogen-bond acceptors (Lipinski definition) is 2. The Morgan fingerprint density at radius 3 is 1.79 bits per heavy atom. The van der Waals surface area contributed by atoms with E-state index in [0.29, 0.717) is 11.8 Å². The molecule has 226 valence electrons. The number of hydrogen-bond donors (Lipinski definition) is 0. The molecule has 2 nitrogen and oxygen atoms in total. The van der Waals surface area contributed by atoms with Gasteiger partial charge in [-0.1, -0.05) is 88.0 Å². The van der Waals surface area contributed by atoms with Crippen LogP contribution in [-0.4, -0.2) is 23.9 Å². The largest absolute Gasteiger partial charge is 0.314 e. The van der Waals surface area contributed by atoms with Crippen LogP contribution in [-0.2, 0) is 5.41 Å². The molecule has 3 atom stereocenters. The first-order valence-corrected chi connectivity index (χ1v) is 19.4. The molecular weight excluding hydrogens is 537 g/mol. The van der Waals surface area contributed by atoms with Gasteiger partial charge < -0.3 is 9.47 Å². The lowest BCUT2D eigenvalue weighted by Crippen LogP contribution is -2.67. The molecular formula is C40H52N2Si. The topological polar surface area (TPSA) is 6.48 Å². The van der Waals surface area contributed by atoms with Crippen molar-refractivity contribution in [3.05, 3.63) is 108 Å². The first-order valence-electron chi connectivity index (χ1n) is 16.4. The van der Waals surface area contributed by atoms with E-state index in [1.807, 2.05) is 0 Å². The molecule has 0 heterocycles. The normalized spacial score (nSPS) is 22.9. The van der Waals surface area contributed by atoms with Crippen LogP contribution in [0.25, 0.3) is 5.57 Å². The number of allylic oxidation sites excluding steroid dienone is 4. The monoisotopic (exact) mass is 588 g/mol. The summed E-state index contributed by atoms with van der Waals surface area (Å²) < 4.78 is 2.94. The summed E-state index contributed by atoms with van der Waals surface area (Å²) in [4.78, 5) is 2.40. The van der Waals surface area contributed by atoms with Gasteiger partial charge in [0.25, 0.3) is 0 Å². The Morgan fingerprint density at radius 2 is 1.26 bits per heavy atom. The summed E-state index contributed by atoms with van der Waals surface area (Å²) in [5.41, 5.74) is 10.6. The van der Waals surface area contributed by atoms with Crippen LogP contribution in [0.4, 0.5) is 17.1 Å². The van der Waals surface area contributed by atoms with Crippen molar-refractivity contribution >= 4 is 30.9 Å². The van der Waals surface area contributed by atoms with E-state index in [4.69, 9.17) is 0 Å². The minimum absolute atomic E-state index is 0.0340. The molecule has 3 unspecified atom stereocenters. The van der Waals surface area contributed by atoms with Gasteiger partial charge in [-0.05, 0) is 124 Å². The fourth-order valence-corrected chi connectivity index (χ4v) is 15.7. The van der Waals surface area contributed by atoms with Crippen LogP contribution < -0.4 is 4.90 Å². The van der Waals surface area contributed by atoms with Crippen molar-refractivity contribution in [2.75, 3.05) is 4.90 Å². The molecule has 3 aromatic rings. The summed E-state index contributed by atoms with van der Waals surface area (Å²) in [6, 6.07) is 28.8. The first-order chi connectivity index (χ1) is 20.1. The van der Waals surface area contributed by atoms with E-state index in [2.05, 4.69) is 169 Å². The van der Waals surface area contributed by atoms with Crippen LogP contribution in [0.2, 0.25) is 18.6 Å². The predicted octanol–water partition coefficient (Wildman–Crippen LogP) is 11.3. The molecule has 3 aromatic carbocycles. The zero-order valence-corrected chi connectivity index (χ0v) is 29.2. The van der Waals surface area contributed by atoms with E-state index in [1.165, 1.54) is 46.6 Å². The Kier molecular flexibility index (Phi) is 7.26. The van der Waals surface area contributed by atoms with Gasteiger partial charge in [0, 0.05) is 33.6 Å². The van der Waals surface area contributed by atoms with Gasteiger partial charge in [0.2, 0.25) is 0 Å². The molecule has 43 heavy (non-hydrogen) atoms. The summed E-state index contributed by atoms with van der Waals surface area (Å²) in [6.07, 6.45) is 8.12. The van der Waals surface area contributed by atoms with Gasteiger partial charge >= 0.3 is 0 Å². The first kappa shape index (κ1) is 30.2. The minimum Gasteiger partial charge on any atom is -0.314 e.